The van der Waals surface area contributed by atoms with E-state index in [1.54, 1.807) is 11.1 Å². The van der Waals surface area contributed by atoms with Crippen molar-refractivity contribution in [3.05, 3.63) is 35.1 Å². The predicted octanol–water partition coefficient (Wildman–Crippen LogP) is 5.52. The van der Waals surface area contributed by atoms with Gasteiger partial charge < -0.3 is 20.3 Å². The van der Waals surface area contributed by atoms with E-state index in [4.69, 9.17) is 16.3 Å². The Morgan fingerprint density at radius 3 is 2.80 bits per heavy atom. The zero-order valence-electron chi connectivity index (χ0n) is 21.2. The molecule has 2 N–H and O–H groups in total. The summed E-state index contributed by atoms with van der Waals surface area (Å²) in [4.78, 5) is 23.3. The molecular formula is C25H34ClN7O2. The molecule has 1 saturated heterocycles. The molecular weight excluding hydrogens is 466 g/mol. The summed E-state index contributed by atoms with van der Waals surface area (Å²) in [6.45, 7) is 11.1. The van der Waals surface area contributed by atoms with E-state index in [0.717, 1.165) is 35.1 Å². The quantitative estimate of drug-likeness (QED) is 0.477. The maximum absolute atomic E-state index is 12.5. The molecule has 9 nitrogen and oxygen atoms in total. The lowest BCUT2D eigenvalue weighted by Gasteiger charge is -2.39. The molecule has 4 rings (SSSR count). The molecule has 1 amide bonds. The van der Waals surface area contributed by atoms with E-state index in [1.807, 2.05) is 57.6 Å². The maximum atomic E-state index is 12.5. The number of nitrogens with one attached hydrogen (secondary N) is 2. The number of benzene rings is 1. The Morgan fingerprint density at radius 1 is 1.31 bits per heavy atom. The number of hydrogen-bond acceptors (Lipinski definition) is 7. The molecule has 0 radical (unpaired) electrons. The van der Waals surface area contributed by atoms with E-state index in [2.05, 4.69) is 32.6 Å². The number of nitrogens with zero attached hydrogens (tertiary/aromatic N) is 5. The van der Waals surface area contributed by atoms with Crippen LogP contribution >= 0.6 is 11.6 Å². The van der Waals surface area contributed by atoms with Crippen LogP contribution in [0.2, 0.25) is 5.02 Å². The lowest BCUT2D eigenvalue weighted by atomic mass is 9.90. The number of rotatable bonds is 5. The second-order valence-electron chi connectivity index (χ2n) is 10.1. The van der Waals surface area contributed by atoms with Crippen molar-refractivity contribution in [3.63, 3.8) is 0 Å². The largest absolute Gasteiger partial charge is 0.444 e. The summed E-state index contributed by atoms with van der Waals surface area (Å²) in [5.41, 5.74) is 2.36. The zero-order valence-corrected chi connectivity index (χ0v) is 22.0. The van der Waals surface area contributed by atoms with Crippen molar-refractivity contribution < 1.29 is 9.53 Å². The molecule has 1 fully saturated rings. The second-order valence-corrected chi connectivity index (χ2v) is 10.5. The van der Waals surface area contributed by atoms with Crippen molar-refractivity contribution in [1.82, 2.24) is 24.6 Å². The molecule has 35 heavy (non-hydrogen) atoms. The average molecular weight is 500 g/mol. The molecule has 2 aromatic heterocycles. The van der Waals surface area contributed by atoms with Gasteiger partial charge in [-0.2, -0.15) is 10.1 Å². The lowest BCUT2D eigenvalue weighted by Crippen LogP contribution is -2.49. The average Bonchev–Trinajstić information content (AvgIpc) is 3.08. The van der Waals surface area contributed by atoms with E-state index in [1.165, 1.54) is 0 Å². The van der Waals surface area contributed by atoms with E-state index in [-0.39, 0.29) is 18.1 Å². The van der Waals surface area contributed by atoms with Crippen LogP contribution in [0, 0.1) is 12.8 Å². The standard InChI is InChI=1S/C25H34ClN7O2/c1-7-16-14-33(24(34)35-25(3,4)5)11-10-20(16)29-22-19(26)13-27-23(30-22)28-17-8-9-18-15(2)32(6)31-21(18)12-17/h8-9,12-13,16,20H,7,10-11,14H2,1-6H3,(H2,27,28,29,30). The molecule has 0 saturated carbocycles. The van der Waals surface area contributed by atoms with Crippen molar-refractivity contribution in [2.24, 2.45) is 13.0 Å². The van der Waals surface area contributed by atoms with Gasteiger partial charge in [-0.25, -0.2) is 9.78 Å². The molecule has 0 aliphatic carbocycles. The topological polar surface area (TPSA) is 97.2 Å². The monoisotopic (exact) mass is 499 g/mol. The molecule has 0 bridgehead atoms. The van der Waals surface area contributed by atoms with E-state index in [0.29, 0.717) is 29.9 Å². The van der Waals surface area contributed by atoms with Gasteiger partial charge in [0.05, 0.1) is 11.7 Å². The first kappa shape index (κ1) is 25.0. The molecule has 1 aromatic carbocycles. The van der Waals surface area contributed by atoms with Gasteiger partial charge in [0.15, 0.2) is 5.82 Å². The second kappa shape index (κ2) is 9.89. The number of anilines is 3. The van der Waals surface area contributed by atoms with Crippen LogP contribution in [0.15, 0.2) is 24.4 Å². The Hall–Kier alpha value is -3.07. The number of likely N-dealkylation sites (tertiary alicyclic amines) is 1. The third-order valence-electron chi connectivity index (χ3n) is 6.36. The van der Waals surface area contributed by atoms with Gasteiger partial charge in [-0.3, -0.25) is 4.68 Å². The third-order valence-corrected chi connectivity index (χ3v) is 6.64. The summed E-state index contributed by atoms with van der Waals surface area (Å²) in [6.07, 6.45) is 3.02. The number of halogens is 1. The number of ether oxygens (including phenoxy) is 1. The van der Waals surface area contributed by atoms with Crippen molar-refractivity contribution in [1.29, 1.82) is 0 Å². The molecule has 1 aliphatic rings. The summed E-state index contributed by atoms with van der Waals surface area (Å²) in [5.74, 6) is 1.27. The molecule has 0 spiro atoms. The number of fused-ring (bicyclic) bond motifs is 1. The van der Waals surface area contributed by atoms with Crippen molar-refractivity contribution in [2.75, 3.05) is 23.7 Å². The van der Waals surface area contributed by atoms with Gasteiger partial charge in [-0.05, 0) is 64.7 Å². The van der Waals surface area contributed by atoms with Crippen LogP contribution in [-0.2, 0) is 11.8 Å². The zero-order chi connectivity index (χ0) is 25.3. The number of carbonyl (C=O) groups excluding carboxylic acids is 1. The van der Waals surface area contributed by atoms with Crippen LogP contribution in [0.25, 0.3) is 10.9 Å². The van der Waals surface area contributed by atoms with Gasteiger partial charge >= 0.3 is 6.09 Å². The lowest BCUT2D eigenvalue weighted by molar-refractivity contribution is 0.0153. The van der Waals surface area contributed by atoms with Gasteiger partial charge in [0.2, 0.25) is 5.95 Å². The van der Waals surface area contributed by atoms with Gasteiger partial charge in [0, 0.05) is 42.9 Å². The number of carbonyl (C=O) groups is 1. The normalized spacial score (nSPS) is 18.5. The summed E-state index contributed by atoms with van der Waals surface area (Å²) in [6, 6.07) is 6.14. The molecule has 2 atom stereocenters. The van der Waals surface area contributed by atoms with Gasteiger partial charge in [0.25, 0.3) is 0 Å². The molecule has 188 valence electrons. The predicted molar refractivity (Wildman–Crippen MR) is 139 cm³/mol. The minimum Gasteiger partial charge on any atom is -0.444 e. The SMILES string of the molecule is CCC1CN(C(=O)OC(C)(C)C)CCC1Nc1nc(Nc2ccc3c(C)n(C)nc3c2)ncc1Cl. The van der Waals surface area contributed by atoms with Crippen LogP contribution in [0.1, 0.15) is 46.2 Å². The molecule has 2 unspecified atom stereocenters. The first-order valence-corrected chi connectivity index (χ1v) is 12.4. The fourth-order valence-corrected chi connectivity index (χ4v) is 4.52. The highest BCUT2D eigenvalue weighted by Crippen LogP contribution is 2.29. The van der Waals surface area contributed by atoms with E-state index >= 15 is 0 Å². The van der Waals surface area contributed by atoms with Crippen molar-refractivity contribution in [2.45, 2.75) is 59.1 Å². The van der Waals surface area contributed by atoms with E-state index in [9.17, 15) is 4.79 Å². The Kier molecular flexibility index (Phi) is 7.07. The molecule has 1 aliphatic heterocycles. The van der Waals surface area contributed by atoms with Gasteiger partial charge in [-0.1, -0.05) is 18.5 Å². The third kappa shape index (κ3) is 5.78. The Labute approximate surface area is 211 Å². The Bertz CT molecular complexity index is 1220. The highest BCUT2D eigenvalue weighted by Gasteiger charge is 2.33. The summed E-state index contributed by atoms with van der Waals surface area (Å²) in [7, 11) is 1.93. The van der Waals surface area contributed by atoms with Crippen LogP contribution in [0.3, 0.4) is 0 Å². The summed E-state index contributed by atoms with van der Waals surface area (Å²) >= 11 is 6.45. The first-order chi connectivity index (χ1) is 16.5. The fraction of sp³-hybridized carbons (Fsp3) is 0.520. The maximum Gasteiger partial charge on any atom is 0.410 e. The smallest absolute Gasteiger partial charge is 0.410 e. The molecule has 10 heteroatoms. The summed E-state index contributed by atoms with van der Waals surface area (Å²) in [5, 5.41) is 12.9. The van der Waals surface area contributed by atoms with Crippen molar-refractivity contribution >= 4 is 46.1 Å². The summed E-state index contributed by atoms with van der Waals surface area (Å²) < 4.78 is 7.43. The molecule has 3 aromatic rings. The number of amides is 1. The Morgan fingerprint density at radius 2 is 2.09 bits per heavy atom. The minimum absolute atomic E-state index is 0.131. The fourth-order valence-electron chi connectivity index (χ4n) is 4.37. The van der Waals surface area contributed by atoms with E-state index < -0.39 is 5.60 Å². The first-order valence-electron chi connectivity index (χ1n) is 12.0. The van der Waals surface area contributed by atoms with Crippen LogP contribution in [0.4, 0.5) is 22.2 Å². The number of aromatic nitrogens is 4. The highest BCUT2D eigenvalue weighted by molar-refractivity contribution is 6.32. The minimum atomic E-state index is -0.508. The van der Waals surface area contributed by atoms with Gasteiger partial charge in [0.1, 0.15) is 10.6 Å². The highest BCUT2D eigenvalue weighted by atomic mass is 35.5. The van der Waals surface area contributed by atoms with Gasteiger partial charge in [-0.15, -0.1) is 0 Å². The van der Waals surface area contributed by atoms with Crippen LogP contribution < -0.4 is 10.6 Å². The number of aryl methyl sites for hydroxylation is 2. The number of hydrogen-bond donors (Lipinski definition) is 2. The molecule has 3 heterocycles. The van der Waals surface area contributed by atoms with Crippen molar-refractivity contribution in [3.8, 4) is 0 Å². The van der Waals surface area contributed by atoms with Crippen LogP contribution in [0.5, 0.6) is 0 Å². The number of piperidine rings is 1. The van der Waals surface area contributed by atoms with Crippen LogP contribution in [-0.4, -0.2) is 55.5 Å². The Balaban J connectivity index is 1.46.